The molecule has 0 fully saturated rings. The van der Waals surface area contributed by atoms with Crippen LogP contribution in [0.1, 0.15) is 36.1 Å². The van der Waals surface area contributed by atoms with Gasteiger partial charge < -0.3 is 10.1 Å². The van der Waals surface area contributed by atoms with Gasteiger partial charge in [-0.15, -0.1) is 0 Å². The highest BCUT2D eigenvalue weighted by molar-refractivity contribution is 5.37. The van der Waals surface area contributed by atoms with Gasteiger partial charge in [-0.1, -0.05) is 19.1 Å². The summed E-state index contributed by atoms with van der Waals surface area (Å²) in [5.41, 5.74) is 3.83. The van der Waals surface area contributed by atoms with Crippen LogP contribution in [-0.4, -0.2) is 18.6 Å². The molecule has 0 radical (unpaired) electrons. The van der Waals surface area contributed by atoms with Crippen LogP contribution in [0.15, 0.2) is 42.7 Å². The number of ether oxygens (including phenoxy) is 1. The van der Waals surface area contributed by atoms with E-state index in [4.69, 9.17) is 4.74 Å². The van der Waals surface area contributed by atoms with Gasteiger partial charge in [0.05, 0.1) is 7.11 Å². The average molecular weight is 284 g/mol. The van der Waals surface area contributed by atoms with Crippen LogP contribution in [0.25, 0.3) is 0 Å². The second kappa shape index (κ2) is 7.79. The summed E-state index contributed by atoms with van der Waals surface area (Å²) >= 11 is 0. The molecule has 112 valence electrons. The number of hydrogen-bond donors (Lipinski definition) is 1. The molecule has 1 atom stereocenters. The number of aryl methyl sites for hydroxylation is 1. The van der Waals surface area contributed by atoms with Crippen molar-refractivity contribution >= 4 is 0 Å². The van der Waals surface area contributed by atoms with E-state index in [1.807, 2.05) is 24.5 Å². The summed E-state index contributed by atoms with van der Waals surface area (Å²) in [4.78, 5) is 4.21. The highest BCUT2D eigenvalue weighted by atomic mass is 16.5. The highest BCUT2D eigenvalue weighted by Crippen LogP contribution is 2.25. The maximum atomic E-state index is 5.30. The van der Waals surface area contributed by atoms with Gasteiger partial charge in [0.15, 0.2) is 0 Å². The third-order valence-electron chi connectivity index (χ3n) is 3.66. The zero-order chi connectivity index (χ0) is 15.1. The van der Waals surface area contributed by atoms with E-state index in [0.29, 0.717) is 6.04 Å². The number of aromatic nitrogens is 1. The number of methoxy groups -OCH3 is 1. The third kappa shape index (κ3) is 4.30. The first-order valence-electron chi connectivity index (χ1n) is 7.51. The Morgan fingerprint density at radius 3 is 2.76 bits per heavy atom. The molecule has 0 aliphatic rings. The maximum absolute atomic E-state index is 5.30. The molecule has 21 heavy (non-hydrogen) atoms. The lowest BCUT2D eigenvalue weighted by molar-refractivity contribution is 0.413. The van der Waals surface area contributed by atoms with Gasteiger partial charge in [0.1, 0.15) is 5.75 Å². The van der Waals surface area contributed by atoms with Crippen molar-refractivity contribution < 1.29 is 4.74 Å². The van der Waals surface area contributed by atoms with E-state index in [1.165, 1.54) is 16.7 Å². The van der Waals surface area contributed by atoms with E-state index < -0.39 is 0 Å². The molecule has 3 nitrogen and oxygen atoms in total. The first-order valence-corrected chi connectivity index (χ1v) is 7.51. The van der Waals surface area contributed by atoms with Crippen molar-refractivity contribution in [2.75, 3.05) is 13.7 Å². The van der Waals surface area contributed by atoms with Crippen LogP contribution < -0.4 is 10.1 Å². The van der Waals surface area contributed by atoms with Gasteiger partial charge in [0.2, 0.25) is 0 Å². The molecule has 0 saturated carbocycles. The molecule has 0 spiro atoms. The topological polar surface area (TPSA) is 34.2 Å². The zero-order valence-corrected chi connectivity index (χ0v) is 13.1. The monoisotopic (exact) mass is 284 g/mol. The number of pyridine rings is 1. The van der Waals surface area contributed by atoms with Gasteiger partial charge in [0, 0.05) is 18.4 Å². The van der Waals surface area contributed by atoms with Gasteiger partial charge in [-0.25, -0.2) is 0 Å². The summed E-state index contributed by atoms with van der Waals surface area (Å²) in [6, 6.07) is 10.7. The van der Waals surface area contributed by atoms with Crippen LogP contribution in [0.2, 0.25) is 0 Å². The Hall–Kier alpha value is -1.87. The number of nitrogens with zero attached hydrogens (tertiary/aromatic N) is 1. The molecule has 1 unspecified atom stereocenters. The Morgan fingerprint density at radius 1 is 1.29 bits per heavy atom. The van der Waals surface area contributed by atoms with E-state index in [0.717, 1.165) is 25.1 Å². The fourth-order valence-electron chi connectivity index (χ4n) is 2.53. The lowest BCUT2D eigenvalue weighted by Crippen LogP contribution is -2.24. The van der Waals surface area contributed by atoms with Gasteiger partial charge in [-0.2, -0.15) is 0 Å². The van der Waals surface area contributed by atoms with Gasteiger partial charge in [0.25, 0.3) is 0 Å². The fraction of sp³-hybridized carbons (Fsp3) is 0.389. The maximum Gasteiger partial charge on any atom is 0.119 e. The molecule has 1 N–H and O–H groups in total. The highest BCUT2D eigenvalue weighted by Gasteiger charge is 2.14. The normalized spacial score (nSPS) is 12.1. The van der Waals surface area contributed by atoms with Crippen molar-refractivity contribution in [3.05, 3.63) is 59.4 Å². The minimum atomic E-state index is 0.306. The van der Waals surface area contributed by atoms with Crippen LogP contribution in [0.4, 0.5) is 0 Å². The summed E-state index contributed by atoms with van der Waals surface area (Å²) in [7, 11) is 1.71. The summed E-state index contributed by atoms with van der Waals surface area (Å²) < 4.78 is 5.30. The van der Waals surface area contributed by atoms with Crippen molar-refractivity contribution in [2.24, 2.45) is 0 Å². The standard InChI is InChI=1S/C18H24N2O/c1-4-9-20-18(12-15-6-5-10-19-13-15)17-8-7-16(21-3)11-14(17)2/h5-8,10-11,13,18,20H,4,9,12H2,1-3H3. The van der Waals surface area contributed by atoms with Crippen LogP contribution in [-0.2, 0) is 6.42 Å². The van der Waals surface area contributed by atoms with Crippen LogP contribution >= 0.6 is 0 Å². The van der Waals surface area contributed by atoms with Gasteiger partial charge >= 0.3 is 0 Å². The molecule has 1 aromatic heterocycles. The summed E-state index contributed by atoms with van der Waals surface area (Å²) in [6.07, 6.45) is 5.83. The third-order valence-corrected chi connectivity index (χ3v) is 3.66. The minimum absolute atomic E-state index is 0.306. The van der Waals surface area contributed by atoms with Crippen LogP contribution in [0.5, 0.6) is 5.75 Å². The Labute approximate surface area is 127 Å². The Morgan fingerprint density at radius 2 is 2.14 bits per heavy atom. The Balaban J connectivity index is 2.22. The molecule has 0 aliphatic heterocycles. The number of hydrogen-bond acceptors (Lipinski definition) is 3. The molecule has 0 saturated heterocycles. The van der Waals surface area contributed by atoms with Crippen molar-refractivity contribution in [2.45, 2.75) is 32.7 Å². The minimum Gasteiger partial charge on any atom is -0.497 e. The summed E-state index contributed by atoms with van der Waals surface area (Å²) in [6.45, 7) is 5.34. The van der Waals surface area contributed by atoms with E-state index in [9.17, 15) is 0 Å². The Bertz CT molecular complexity index is 554. The second-order valence-electron chi connectivity index (χ2n) is 5.29. The van der Waals surface area contributed by atoms with Crippen LogP contribution in [0.3, 0.4) is 0 Å². The molecular weight excluding hydrogens is 260 g/mol. The smallest absolute Gasteiger partial charge is 0.119 e. The SMILES string of the molecule is CCCNC(Cc1cccnc1)c1ccc(OC)cc1C. The molecule has 2 rings (SSSR count). The predicted octanol–water partition coefficient (Wildman–Crippen LogP) is 3.68. The van der Waals surface area contributed by atoms with Crippen molar-refractivity contribution in [1.29, 1.82) is 0 Å². The number of rotatable bonds is 7. The van der Waals surface area contributed by atoms with Crippen molar-refractivity contribution in [3.8, 4) is 5.75 Å². The van der Waals surface area contributed by atoms with E-state index in [2.05, 4.69) is 42.3 Å². The second-order valence-corrected chi connectivity index (χ2v) is 5.29. The van der Waals surface area contributed by atoms with Gasteiger partial charge in [-0.05, 0) is 61.2 Å². The average Bonchev–Trinajstić information content (AvgIpc) is 2.52. The van der Waals surface area contributed by atoms with Crippen molar-refractivity contribution in [3.63, 3.8) is 0 Å². The molecular formula is C18H24N2O. The largest absolute Gasteiger partial charge is 0.497 e. The van der Waals surface area contributed by atoms with E-state index in [-0.39, 0.29) is 0 Å². The zero-order valence-electron chi connectivity index (χ0n) is 13.1. The summed E-state index contributed by atoms with van der Waals surface area (Å²) in [5.74, 6) is 0.909. The number of nitrogens with one attached hydrogen (secondary N) is 1. The van der Waals surface area contributed by atoms with Crippen molar-refractivity contribution in [1.82, 2.24) is 10.3 Å². The molecule has 2 aromatic rings. The molecule has 1 aromatic carbocycles. The van der Waals surface area contributed by atoms with E-state index >= 15 is 0 Å². The molecule has 0 bridgehead atoms. The van der Waals surface area contributed by atoms with E-state index in [1.54, 1.807) is 7.11 Å². The first kappa shape index (κ1) is 15.5. The summed E-state index contributed by atoms with van der Waals surface area (Å²) in [5, 5.41) is 3.64. The first-order chi connectivity index (χ1) is 10.2. The lowest BCUT2D eigenvalue weighted by atomic mass is 9.95. The lowest BCUT2D eigenvalue weighted by Gasteiger charge is -2.21. The molecule has 0 amide bonds. The Kier molecular flexibility index (Phi) is 5.76. The number of benzene rings is 1. The van der Waals surface area contributed by atoms with Gasteiger partial charge in [-0.3, -0.25) is 4.98 Å². The van der Waals surface area contributed by atoms with Crippen LogP contribution in [0, 0.1) is 6.92 Å². The fourth-order valence-corrected chi connectivity index (χ4v) is 2.53. The predicted molar refractivity (Wildman–Crippen MR) is 86.7 cm³/mol. The molecule has 1 heterocycles. The quantitative estimate of drug-likeness (QED) is 0.842. The molecule has 3 heteroatoms. The molecule has 0 aliphatic carbocycles.